The lowest BCUT2D eigenvalue weighted by atomic mass is 10.1. The van der Waals surface area contributed by atoms with E-state index in [0.29, 0.717) is 17.3 Å². The second-order valence-electron chi connectivity index (χ2n) is 5.73. The number of nitrogens with one attached hydrogen (secondary N) is 2. The molecule has 2 N–H and O–H groups in total. The summed E-state index contributed by atoms with van der Waals surface area (Å²) in [6.07, 6.45) is 2.26. The van der Waals surface area contributed by atoms with Crippen LogP contribution < -0.4 is 10.6 Å². The Morgan fingerprint density at radius 2 is 2.00 bits per heavy atom. The molecule has 0 radical (unpaired) electrons. The minimum absolute atomic E-state index is 0.0172. The van der Waals surface area contributed by atoms with Gasteiger partial charge >= 0.3 is 0 Å². The maximum absolute atomic E-state index is 12.2. The third-order valence-corrected chi connectivity index (χ3v) is 4.18. The van der Waals surface area contributed by atoms with Crippen molar-refractivity contribution in [1.82, 2.24) is 5.32 Å². The molecule has 2 aromatic carbocycles. The van der Waals surface area contributed by atoms with Crippen molar-refractivity contribution in [2.75, 3.05) is 11.9 Å². The fraction of sp³-hybridized carbons (Fsp3) is 0.200. The van der Waals surface area contributed by atoms with Gasteiger partial charge in [0.2, 0.25) is 0 Å². The van der Waals surface area contributed by atoms with Gasteiger partial charge in [0.15, 0.2) is 0 Å². The molecule has 0 heterocycles. The van der Waals surface area contributed by atoms with Crippen LogP contribution in [-0.4, -0.2) is 12.5 Å². The number of carbonyl (C=O) groups excluding carboxylic acids is 1. The molecule has 0 aromatic heterocycles. The molecular weight excluding hydrogens is 334 g/mol. The van der Waals surface area contributed by atoms with Gasteiger partial charge in [0.25, 0.3) is 5.91 Å². The second-order valence-corrected chi connectivity index (χ2v) is 6.14. The number of nitriles is 1. The summed E-state index contributed by atoms with van der Waals surface area (Å²) in [6, 6.07) is 15.4. The average Bonchev–Trinajstić information content (AvgIpc) is 2.59. The molecule has 0 bridgehead atoms. The van der Waals surface area contributed by atoms with E-state index < -0.39 is 5.91 Å². The van der Waals surface area contributed by atoms with Crippen LogP contribution in [0.25, 0.3) is 0 Å². The Labute approximate surface area is 153 Å². The number of hydrogen-bond acceptors (Lipinski definition) is 3. The summed E-state index contributed by atoms with van der Waals surface area (Å²) in [7, 11) is 0. The topological polar surface area (TPSA) is 64.9 Å². The lowest BCUT2D eigenvalue weighted by Crippen LogP contribution is -2.18. The fourth-order valence-electron chi connectivity index (χ4n) is 2.34. The summed E-state index contributed by atoms with van der Waals surface area (Å²) < 4.78 is 0. The molecule has 25 heavy (non-hydrogen) atoms. The number of hydrogen-bond donors (Lipinski definition) is 2. The van der Waals surface area contributed by atoms with Gasteiger partial charge in [-0.25, -0.2) is 0 Å². The first-order valence-corrected chi connectivity index (χ1v) is 8.34. The molecule has 0 aliphatic rings. The third-order valence-electron chi connectivity index (χ3n) is 3.77. The van der Waals surface area contributed by atoms with Crippen LogP contribution in [-0.2, 0) is 11.2 Å². The Morgan fingerprint density at radius 3 is 2.72 bits per heavy atom. The van der Waals surface area contributed by atoms with Crippen molar-refractivity contribution in [2.24, 2.45) is 0 Å². The van der Waals surface area contributed by atoms with E-state index in [9.17, 15) is 10.1 Å². The van der Waals surface area contributed by atoms with Crippen LogP contribution in [0.5, 0.6) is 0 Å². The molecule has 5 heteroatoms. The first-order valence-electron chi connectivity index (χ1n) is 7.97. The quantitative estimate of drug-likeness (QED) is 0.466. The molecule has 2 aromatic rings. The third kappa shape index (κ3) is 5.37. The predicted molar refractivity (Wildman–Crippen MR) is 101 cm³/mol. The van der Waals surface area contributed by atoms with E-state index in [-0.39, 0.29) is 5.57 Å². The Kier molecular flexibility index (Phi) is 6.62. The molecule has 2 rings (SSSR count). The first kappa shape index (κ1) is 18.6. The molecule has 0 fully saturated rings. The number of benzene rings is 2. The molecule has 0 aliphatic heterocycles. The summed E-state index contributed by atoms with van der Waals surface area (Å²) in [5.74, 6) is -0.462. The zero-order valence-electron chi connectivity index (χ0n) is 14.3. The van der Waals surface area contributed by atoms with E-state index in [0.717, 1.165) is 12.0 Å². The van der Waals surface area contributed by atoms with E-state index in [2.05, 4.69) is 22.8 Å². The van der Waals surface area contributed by atoms with Crippen molar-refractivity contribution < 1.29 is 4.79 Å². The lowest BCUT2D eigenvalue weighted by Gasteiger charge is -2.09. The molecule has 0 aliphatic carbocycles. The van der Waals surface area contributed by atoms with Crippen LogP contribution in [0.15, 0.2) is 54.2 Å². The zero-order chi connectivity index (χ0) is 18.2. The molecular formula is C20H20ClN3O. The monoisotopic (exact) mass is 353 g/mol. The fourth-order valence-corrected chi connectivity index (χ4v) is 2.51. The Hall–Kier alpha value is -2.77. The minimum atomic E-state index is -0.462. The van der Waals surface area contributed by atoms with Crippen LogP contribution in [0, 0.1) is 25.2 Å². The normalized spacial score (nSPS) is 10.9. The number of nitrogens with zero attached hydrogens (tertiary/aromatic N) is 1. The van der Waals surface area contributed by atoms with E-state index >= 15 is 0 Å². The van der Waals surface area contributed by atoms with Crippen molar-refractivity contribution in [3.8, 4) is 6.07 Å². The highest BCUT2D eigenvalue weighted by Gasteiger charge is 2.11. The van der Waals surface area contributed by atoms with Gasteiger partial charge in [0, 0.05) is 23.5 Å². The molecule has 0 atom stereocenters. The molecule has 0 saturated heterocycles. The number of rotatable bonds is 6. The van der Waals surface area contributed by atoms with E-state index in [4.69, 9.17) is 11.6 Å². The highest BCUT2D eigenvalue weighted by atomic mass is 35.5. The Balaban J connectivity index is 1.94. The van der Waals surface area contributed by atoms with Gasteiger partial charge in [0.1, 0.15) is 11.6 Å². The molecule has 128 valence electrons. The number of carbonyl (C=O) groups is 1. The standard InChI is InChI=1S/C20H20ClN3O/c1-14-5-3-6-16(11-14)9-10-23-13-17(12-22)20(25)24-19-8-4-7-18(21)15(19)2/h3-8,11,13,23H,9-10H2,1-2H3,(H,24,25)/b17-13-. The van der Waals surface area contributed by atoms with Gasteiger partial charge in [-0.05, 0) is 43.5 Å². The van der Waals surface area contributed by atoms with E-state index in [1.807, 2.05) is 32.0 Å². The Morgan fingerprint density at radius 1 is 1.24 bits per heavy atom. The minimum Gasteiger partial charge on any atom is -0.389 e. The van der Waals surface area contributed by atoms with E-state index in [1.54, 1.807) is 18.2 Å². The largest absolute Gasteiger partial charge is 0.389 e. The summed E-state index contributed by atoms with van der Waals surface area (Å²) >= 11 is 6.04. The predicted octanol–water partition coefficient (Wildman–Crippen LogP) is 4.14. The number of anilines is 1. The zero-order valence-corrected chi connectivity index (χ0v) is 15.0. The smallest absolute Gasteiger partial charge is 0.267 e. The maximum Gasteiger partial charge on any atom is 0.267 e. The molecule has 0 unspecified atom stereocenters. The molecule has 4 nitrogen and oxygen atoms in total. The number of aryl methyl sites for hydroxylation is 1. The SMILES string of the molecule is Cc1cccc(CCN/C=C(/C#N)C(=O)Nc2cccc(Cl)c2C)c1. The Bertz CT molecular complexity index is 837. The van der Waals surface area contributed by atoms with Gasteiger partial charge in [-0.1, -0.05) is 47.5 Å². The maximum atomic E-state index is 12.2. The van der Waals surface area contributed by atoms with Gasteiger partial charge < -0.3 is 10.6 Å². The van der Waals surface area contributed by atoms with Crippen molar-refractivity contribution in [3.63, 3.8) is 0 Å². The van der Waals surface area contributed by atoms with Crippen LogP contribution in [0.4, 0.5) is 5.69 Å². The summed E-state index contributed by atoms with van der Waals surface area (Å²) in [5, 5.41) is 15.5. The van der Waals surface area contributed by atoms with Gasteiger partial charge in [0.05, 0.1) is 0 Å². The van der Waals surface area contributed by atoms with Crippen molar-refractivity contribution in [2.45, 2.75) is 20.3 Å². The average molecular weight is 354 g/mol. The highest BCUT2D eigenvalue weighted by Crippen LogP contribution is 2.23. The van der Waals surface area contributed by atoms with Gasteiger partial charge in [-0.3, -0.25) is 4.79 Å². The molecule has 0 spiro atoms. The van der Waals surface area contributed by atoms with Crippen LogP contribution in [0.3, 0.4) is 0 Å². The number of amides is 1. The van der Waals surface area contributed by atoms with Gasteiger partial charge in [-0.15, -0.1) is 0 Å². The van der Waals surface area contributed by atoms with Crippen LogP contribution in [0.1, 0.15) is 16.7 Å². The van der Waals surface area contributed by atoms with Crippen molar-refractivity contribution in [3.05, 3.63) is 76.0 Å². The molecule has 0 saturated carbocycles. The van der Waals surface area contributed by atoms with Crippen molar-refractivity contribution in [1.29, 1.82) is 5.26 Å². The van der Waals surface area contributed by atoms with Crippen LogP contribution in [0.2, 0.25) is 5.02 Å². The van der Waals surface area contributed by atoms with Crippen LogP contribution >= 0.6 is 11.6 Å². The van der Waals surface area contributed by atoms with E-state index in [1.165, 1.54) is 17.3 Å². The lowest BCUT2D eigenvalue weighted by molar-refractivity contribution is -0.112. The summed E-state index contributed by atoms with van der Waals surface area (Å²) in [4.78, 5) is 12.2. The highest BCUT2D eigenvalue weighted by molar-refractivity contribution is 6.31. The summed E-state index contributed by atoms with van der Waals surface area (Å²) in [6.45, 7) is 4.50. The number of halogens is 1. The van der Waals surface area contributed by atoms with Crippen molar-refractivity contribution >= 4 is 23.2 Å². The molecule has 1 amide bonds. The second kappa shape index (κ2) is 8.91. The summed E-state index contributed by atoms with van der Waals surface area (Å²) in [5.41, 5.74) is 3.80. The van der Waals surface area contributed by atoms with Gasteiger partial charge in [-0.2, -0.15) is 5.26 Å². The first-order chi connectivity index (χ1) is 12.0.